The number of rotatable bonds is 7. The van der Waals surface area contributed by atoms with Gasteiger partial charge in [-0.2, -0.15) is 9.40 Å². The Morgan fingerprint density at radius 3 is 2.68 bits per heavy atom. The molecule has 0 saturated heterocycles. The van der Waals surface area contributed by atoms with Gasteiger partial charge >= 0.3 is 0 Å². The summed E-state index contributed by atoms with van der Waals surface area (Å²) in [6.07, 6.45) is 1.14. The van der Waals surface area contributed by atoms with Crippen LogP contribution in [-0.2, 0) is 21.4 Å². The zero-order valence-corrected chi connectivity index (χ0v) is 17.3. The number of benzene rings is 1. The van der Waals surface area contributed by atoms with Crippen molar-refractivity contribution in [3.8, 4) is 0 Å². The van der Waals surface area contributed by atoms with Crippen LogP contribution in [0.2, 0.25) is 10.0 Å². The van der Waals surface area contributed by atoms with Crippen LogP contribution in [0.3, 0.4) is 0 Å². The lowest BCUT2D eigenvalue weighted by atomic mass is 10.2. The smallest absolute Gasteiger partial charge is 0.287 e. The molecule has 1 amide bonds. The summed E-state index contributed by atoms with van der Waals surface area (Å²) in [5, 5.41) is 15.0. The van der Waals surface area contributed by atoms with Gasteiger partial charge in [-0.3, -0.25) is 9.59 Å². The van der Waals surface area contributed by atoms with Crippen molar-refractivity contribution in [3.05, 3.63) is 50.4 Å². The Morgan fingerprint density at radius 2 is 2.04 bits per heavy atom. The molecular weight excluding hydrogens is 431 g/mol. The third-order valence-corrected chi connectivity index (χ3v) is 6.56. The summed E-state index contributed by atoms with van der Waals surface area (Å²) in [6.45, 7) is 0.793. The number of hydrogen-bond acceptors (Lipinski definition) is 6. The van der Waals surface area contributed by atoms with Crippen molar-refractivity contribution < 1.29 is 18.3 Å². The molecule has 0 atom stereocenters. The highest BCUT2D eigenvalue weighted by Gasteiger charge is 2.23. The van der Waals surface area contributed by atoms with Crippen molar-refractivity contribution in [2.24, 2.45) is 0 Å². The van der Waals surface area contributed by atoms with Gasteiger partial charge in [-0.1, -0.05) is 29.3 Å². The van der Waals surface area contributed by atoms with Crippen LogP contribution in [-0.4, -0.2) is 53.7 Å². The maximum Gasteiger partial charge on any atom is 0.287 e. The highest BCUT2D eigenvalue weighted by atomic mass is 35.5. The van der Waals surface area contributed by atoms with Gasteiger partial charge in [0.25, 0.3) is 5.56 Å². The first-order chi connectivity index (χ1) is 13.1. The monoisotopic (exact) mass is 448 g/mol. The summed E-state index contributed by atoms with van der Waals surface area (Å²) < 4.78 is 27.1. The number of nitrogens with one attached hydrogen (secondary N) is 1. The minimum Gasteiger partial charge on any atom is -0.395 e. The fourth-order valence-corrected chi connectivity index (χ4v) is 3.96. The molecule has 0 unspecified atom stereocenters. The summed E-state index contributed by atoms with van der Waals surface area (Å²) >= 11 is 11.4. The number of halogens is 2. The van der Waals surface area contributed by atoms with Crippen LogP contribution in [0.5, 0.6) is 0 Å². The van der Waals surface area contributed by atoms with Crippen molar-refractivity contribution in [1.29, 1.82) is 0 Å². The molecule has 152 valence electrons. The Hall–Kier alpha value is -1.98. The van der Waals surface area contributed by atoms with Gasteiger partial charge in [-0.15, -0.1) is 0 Å². The number of anilines is 1. The minimum atomic E-state index is -3.84. The minimum absolute atomic E-state index is 0.00826. The predicted octanol–water partition coefficient (Wildman–Crippen LogP) is 1.11. The molecule has 0 spiro atoms. The van der Waals surface area contributed by atoms with Crippen LogP contribution >= 0.6 is 23.2 Å². The van der Waals surface area contributed by atoms with E-state index in [-0.39, 0.29) is 33.8 Å². The second-order valence-corrected chi connectivity index (χ2v) is 8.65. The molecule has 0 radical (unpaired) electrons. The molecule has 0 fully saturated rings. The highest BCUT2D eigenvalue weighted by molar-refractivity contribution is 7.89. The van der Waals surface area contributed by atoms with Gasteiger partial charge in [0.2, 0.25) is 15.9 Å². The topological polar surface area (TPSA) is 122 Å². The number of hydrogen-bond donors (Lipinski definition) is 2. The number of nitrogens with zero attached hydrogens (tertiary/aromatic N) is 3. The Kier molecular flexibility index (Phi) is 7.18. The summed E-state index contributed by atoms with van der Waals surface area (Å²) in [5.74, 6) is -0.607. The first-order valence-corrected chi connectivity index (χ1v) is 10.2. The normalized spacial score (nSPS) is 11.6. The van der Waals surface area contributed by atoms with E-state index in [1.807, 2.05) is 0 Å². The van der Waals surface area contributed by atoms with Crippen LogP contribution in [0.15, 0.2) is 34.1 Å². The van der Waals surface area contributed by atoms with Gasteiger partial charge in [-0.25, -0.2) is 13.1 Å². The number of aliphatic hydroxyl groups is 1. The molecule has 0 aliphatic carbocycles. The standard InChI is InChI=1S/C16H18Cl2N4O5S/c1-10-3-4-11(7-13(10)28(26,27)21(2)5-6-23)20-14(24)9-22-16(25)15(18)12(17)8-19-22/h3-4,7-8,23H,5-6,9H2,1-2H3,(H,20,24). The average Bonchev–Trinajstić information content (AvgIpc) is 2.64. The Balaban J connectivity index is 2.25. The van der Waals surface area contributed by atoms with Crippen LogP contribution in [0.4, 0.5) is 5.69 Å². The van der Waals surface area contributed by atoms with E-state index in [0.717, 1.165) is 15.2 Å². The zero-order chi connectivity index (χ0) is 21.1. The summed E-state index contributed by atoms with van der Waals surface area (Å²) in [4.78, 5) is 24.2. The van der Waals surface area contributed by atoms with Gasteiger partial charge in [0, 0.05) is 19.3 Å². The number of carbonyl (C=O) groups is 1. The van der Waals surface area contributed by atoms with E-state index in [9.17, 15) is 18.0 Å². The van der Waals surface area contributed by atoms with E-state index in [2.05, 4.69) is 10.4 Å². The maximum atomic E-state index is 12.6. The highest BCUT2D eigenvalue weighted by Crippen LogP contribution is 2.23. The molecule has 1 aromatic carbocycles. The first-order valence-electron chi connectivity index (χ1n) is 7.96. The molecule has 28 heavy (non-hydrogen) atoms. The Bertz CT molecular complexity index is 1060. The number of aromatic nitrogens is 2. The lowest BCUT2D eigenvalue weighted by molar-refractivity contribution is -0.117. The van der Waals surface area contributed by atoms with Gasteiger partial charge in [0.15, 0.2) is 0 Å². The average molecular weight is 449 g/mol. The van der Waals surface area contributed by atoms with E-state index >= 15 is 0 Å². The third kappa shape index (κ3) is 4.89. The van der Waals surface area contributed by atoms with Crippen LogP contribution in [0.25, 0.3) is 0 Å². The van der Waals surface area contributed by atoms with E-state index in [1.54, 1.807) is 13.0 Å². The second kappa shape index (κ2) is 9.01. The molecule has 0 bridgehead atoms. The second-order valence-electron chi connectivity index (χ2n) is 5.85. The summed E-state index contributed by atoms with van der Waals surface area (Å²) in [6, 6.07) is 4.38. The number of aryl methyl sites for hydroxylation is 1. The van der Waals surface area contributed by atoms with Gasteiger partial charge < -0.3 is 10.4 Å². The fraction of sp³-hybridized carbons (Fsp3) is 0.312. The Labute approximate surface area is 171 Å². The van der Waals surface area contributed by atoms with E-state index < -0.39 is 28.0 Å². The van der Waals surface area contributed by atoms with E-state index in [0.29, 0.717) is 5.56 Å². The van der Waals surface area contributed by atoms with E-state index in [1.165, 1.54) is 19.2 Å². The quantitative estimate of drug-likeness (QED) is 0.653. The van der Waals surface area contributed by atoms with Crippen LogP contribution in [0.1, 0.15) is 5.56 Å². The predicted molar refractivity (Wildman–Crippen MR) is 105 cm³/mol. The lowest BCUT2D eigenvalue weighted by Crippen LogP contribution is -2.31. The molecule has 1 heterocycles. The SMILES string of the molecule is Cc1ccc(NC(=O)Cn2ncc(Cl)c(Cl)c2=O)cc1S(=O)(=O)N(C)CCO. The lowest BCUT2D eigenvalue weighted by Gasteiger charge is -2.18. The molecule has 2 rings (SSSR count). The summed E-state index contributed by atoms with van der Waals surface area (Å²) in [7, 11) is -2.50. The molecule has 12 heteroatoms. The maximum absolute atomic E-state index is 12.6. The summed E-state index contributed by atoms with van der Waals surface area (Å²) in [5.41, 5.74) is -0.0213. The largest absolute Gasteiger partial charge is 0.395 e. The fourth-order valence-electron chi connectivity index (χ4n) is 2.28. The van der Waals surface area contributed by atoms with Crippen molar-refractivity contribution >= 4 is 44.8 Å². The van der Waals surface area contributed by atoms with Crippen LogP contribution in [0, 0.1) is 6.92 Å². The molecule has 2 aromatic rings. The third-order valence-electron chi connectivity index (χ3n) is 3.81. The number of carbonyl (C=O) groups excluding carboxylic acids is 1. The van der Waals surface area contributed by atoms with Crippen molar-refractivity contribution in [2.75, 3.05) is 25.5 Å². The molecular formula is C16H18Cl2N4O5S. The molecule has 2 N–H and O–H groups in total. The molecule has 9 nitrogen and oxygen atoms in total. The van der Waals surface area contributed by atoms with Gasteiger partial charge in [0.05, 0.1) is 22.7 Å². The van der Waals surface area contributed by atoms with Crippen LogP contribution < -0.4 is 10.9 Å². The van der Waals surface area contributed by atoms with E-state index in [4.69, 9.17) is 28.3 Å². The molecule has 0 aliphatic rings. The molecule has 0 aliphatic heterocycles. The number of sulfonamides is 1. The molecule has 0 saturated carbocycles. The Morgan fingerprint density at radius 1 is 1.36 bits per heavy atom. The van der Waals surface area contributed by atoms with Crippen molar-refractivity contribution in [3.63, 3.8) is 0 Å². The number of aliphatic hydroxyl groups excluding tert-OH is 1. The zero-order valence-electron chi connectivity index (χ0n) is 15.0. The van der Waals surface area contributed by atoms with Gasteiger partial charge in [-0.05, 0) is 24.6 Å². The first kappa shape index (κ1) is 22.3. The molecule has 1 aromatic heterocycles. The van der Waals surface area contributed by atoms with Gasteiger partial charge in [0.1, 0.15) is 11.6 Å². The number of likely N-dealkylation sites (N-methyl/N-ethyl adjacent to an activating group) is 1. The van der Waals surface area contributed by atoms with Crippen molar-refractivity contribution in [1.82, 2.24) is 14.1 Å². The van der Waals surface area contributed by atoms with Crippen molar-refractivity contribution in [2.45, 2.75) is 18.4 Å². The number of amides is 1.